The topological polar surface area (TPSA) is 209 Å². The number of carbonyl (C=O) groups is 4. The first-order chi connectivity index (χ1) is 18.1. The molecule has 1 unspecified atom stereocenters. The first-order valence-electron chi connectivity index (χ1n) is 11.0. The zero-order valence-electron chi connectivity index (χ0n) is 19.8. The molecule has 2 aliphatic rings. The van der Waals surface area contributed by atoms with E-state index in [1.54, 1.807) is 29.1 Å². The van der Waals surface area contributed by atoms with E-state index in [0.29, 0.717) is 11.3 Å². The molecular formula is C22H23N6O8S2+. The molecule has 4 heterocycles. The third-order valence-electron chi connectivity index (χ3n) is 5.76. The van der Waals surface area contributed by atoms with Gasteiger partial charge in [-0.2, -0.15) is 0 Å². The number of carbonyl (C=O) groups excluding carboxylic acids is 2. The highest BCUT2D eigenvalue weighted by Crippen LogP contribution is 2.40. The second-order valence-electron chi connectivity index (χ2n) is 8.46. The lowest BCUT2D eigenvalue weighted by Crippen LogP contribution is -2.71. The minimum Gasteiger partial charge on any atom is -0.478 e. The van der Waals surface area contributed by atoms with Gasteiger partial charge in [-0.3, -0.25) is 14.5 Å². The summed E-state index contributed by atoms with van der Waals surface area (Å²) in [6.07, 6.45) is 3.56. The number of pyridine rings is 1. The highest BCUT2D eigenvalue weighted by Gasteiger charge is 2.55. The van der Waals surface area contributed by atoms with Crippen molar-refractivity contribution in [2.24, 2.45) is 5.16 Å². The van der Waals surface area contributed by atoms with E-state index in [-0.39, 0.29) is 23.1 Å². The van der Waals surface area contributed by atoms with Gasteiger partial charge >= 0.3 is 11.9 Å². The Balaban J connectivity index is 1.56. The van der Waals surface area contributed by atoms with Crippen LogP contribution in [-0.2, 0) is 30.6 Å². The Morgan fingerprint density at radius 1 is 1.32 bits per heavy atom. The quantitative estimate of drug-likeness (QED) is 0.103. The number of aliphatic carboxylic acids is 2. The van der Waals surface area contributed by atoms with E-state index in [2.05, 4.69) is 15.5 Å². The van der Waals surface area contributed by atoms with E-state index in [9.17, 15) is 34.5 Å². The Hall–Kier alpha value is -4.02. The van der Waals surface area contributed by atoms with Crippen LogP contribution in [-0.4, -0.2) is 84.0 Å². The van der Waals surface area contributed by atoms with E-state index in [1.807, 2.05) is 6.07 Å². The van der Waals surface area contributed by atoms with Gasteiger partial charge in [-0.15, -0.1) is 23.1 Å². The summed E-state index contributed by atoms with van der Waals surface area (Å²) >= 11 is 2.28. The van der Waals surface area contributed by atoms with Crippen molar-refractivity contribution in [2.45, 2.75) is 30.5 Å². The number of nitrogen functional groups attached to an aromatic ring is 1. The number of oxime groups is 1. The van der Waals surface area contributed by atoms with Gasteiger partial charge in [-0.25, -0.2) is 19.1 Å². The predicted molar refractivity (Wildman–Crippen MR) is 134 cm³/mol. The number of thioether (sulfide) groups is 1. The Morgan fingerprint density at radius 3 is 2.61 bits per heavy atom. The summed E-state index contributed by atoms with van der Waals surface area (Å²) in [5.41, 5.74) is 3.40. The summed E-state index contributed by atoms with van der Waals surface area (Å²) in [6, 6.07) is 4.35. The number of aromatic nitrogens is 2. The summed E-state index contributed by atoms with van der Waals surface area (Å²) in [5.74, 6) is -4.03. The SMILES string of the molecule is CC(CO)(O/N=C(\C(=O)N[C@@H]1C(=O)N2C(C(=O)O)=C(C[n+]3ccccc3)CS[C@H]12)c1csc(N)n1)C(=O)O. The molecule has 38 heavy (non-hydrogen) atoms. The van der Waals surface area contributed by atoms with Gasteiger partial charge < -0.3 is 31.2 Å². The van der Waals surface area contributed by atoms with Crippen LogP contribution in [0.1, 0.15) is 12.6 Å². The molecule has 2 aliphatic heterocycles. The number of carboxylic acid groups (broad SMARTS) is 2. The monoisotopic (exact) mass is 563 g/mol. The van der Waals surface area contributed by atoms with Crippen molar-refractivity contribution in [3.05, 3.63) is 52.9 Å². The molecule has 6 N–H and O–H groups in total. The first kappa shape index (κ1) is 27.0. The van der Waals surface area contributed by atoms with Crippen molar-refractivity contribution in [3.8, 4) is 0 Å². The van der Waals surface area contributed by atoms with Crippen molar-refractivity contribution in [1.82, 2.24) is 15.2 Å². The van der Waals surface area contributed by atoms with Crippen LogP contribution in [0.3, 0.4) is 0 Å². The molecule has 16 heteroatoms. The second kappa shape index (κ2) is 10.8. The van der Waals surface area contributed by atoms with Gasteiger partial charge in [0.2, 0.25) is 0 Å². The van der Waals surface area contributed by atoms with Crippen LogP contribution in [0.25, 0.3) is 0 Å². The van der Waals surface area contributed by atoms with Crippen LogP contribution in [0.15, 0.2) is 52.4 Å². The Morgan fingerprint density at radius 2 is 2.03 bits per heavy atom. The van der Waals surface area contributed by atoms with Crippen LogP contribution in [0, 0.1) is 0 Å². The number of nitrogens with zero attached hydrogens (tertiary/aromatic N) is 4. The maximum absolute atomic E-state index is 13.2. The number of fused-ring (bicyclic) bond motifs is 1. The van der Waals surface area contributed by atoms with E-state index in [0.717, 1.165) is 23.2 Å². The summed E-state index contributed by atoms with van der Waals surface area (Å²) in [6.45, 7) is 0.388. The molecule has 2 aromatic heterocycles. The predicted octanol–water partition coefficient (Wildman–Crippen LogP) is -0.992. The van der Waals surface area contributed by atoms with E-state index >= 15 is 0 Å². The number of carboxylic acids is 2. The summed E-state index contributed by atoms with van der Waals surface area (Å²) in [4.78, 5) is 59.8. The molecule has 1 fully saturated rings. The number of nitrogens with two attached hydrogens (primary N) is 1. The number of thiazole rings is 1. The van der Waals surface area contributed by atoms with E-state index < -0.39 is 53.1 Å². The van der Waals surface area contributed by atoms with Crippen molar-refractivity contribution < 1.29 is 43.9 Å². The molecule has 4 rings (SSSR count). The van der Waals surface area contributed by atoms with Gasteiger partial charge in [0.25, 0.3) is 17.4 Å². The third-order valence-corrected chi connectivity index (χ3v) is 7.77. The number of nitrogens with one attached hydrogen (secondary N) is 1. The molecule has 200 valence electrons. The number of hydrogen-bond acceptors (Lipinski definition) is 11. The maximum Gasteiger partial charge on any atom is 0.353 e. The Kier molecular flexibility index (Phi) is 7.66. The molecule has 0 aromatic carbocycles. The smallest absolute Gasteiger partial charge is 0.353 e. The summed E-state index contributed by atoms with van der Waals surface area (Å²) in [7, 11) is 0. The molecule has 3 atom stereocenters. The fourth-order valence-electron chi connectivity index (χ4n) is 3.66. The average Bonchev–Trinajstić information content (AvgIpc) is 3.32. The van der Waals surface area contributed by atoms with Crippen molar-refractivity contribution in [1.29, 1.82) is 0 Å². The van der Waals surface area contributed by atoms with E-state index in [4.69, 9.17) is 10.6 Å². The molecule has 2 amide bonds. The fraction of sp³-hybridized carbons (Fsp3) is 0.318. The molecule has 1 saturated heterocycles. The molecule has 0 aliphatic carbocycles. The van der Waals surface area contributed by atoms with Crippen molar-refractivity contribution >= 4 is 57.7 Å². The molecule has 0 radical (unpaired) electrons. The van der Waals surface area contributed by atoms with Gasteiger partial charge in [0, 0.05) is 28.8 Å². The van der Waals surface area contributed by atoms with E-state index in [1.165, 1.54) is 17.1 Å². The normalized spacial score (nSPS) is 20.7. The van der Waals surface area contributed by atoms with Gasteiger partial charge in [0.15, 0.2) is 29.8 Å². The number of anilines is 1. The average molecular weight is 564 g/mol. The van der Waals surface area contributed by atoms with Crippen LogP contribution >= 0.6 is 23.1 Å². The molecule has 2 aromatic rings. The number of β-lactam (4-membered cyclic amide) rings is 1. The van der Waals surface area contributed by atoms with Crippen molar-refractivity contribution in [3.63, 3.8) is 0 Å². The number of hydrogen-bond donors (Lipinski definition) is 5. The third kappa shape index (κ3) is 5.18. The van der Waals surface area contributed by atoms with Gasteiger partial charge in [0.1, 0.15) is 22.8 Å². The molecule has 0 saturated carbocycles. The largest absolute Gasteiger partial charge is 0.478 e. The lowest BCUT2D eigenvalue weighted by molar-refractivity contribution is -0.689. The second-order valence-corrected chi connectivity index (χ2v) is 10.5. The van der Waals surface area contributed by atoms with Gasteiger partial charge in [-0.05, 0) is 6.92 Å². The molecular weight excluding hydrogens is 540 g/mol. The zero-order valence-corrected chi connectivity index (χ0v) is 21.4. The van der Waals surface area contributed by atoms with Gasteiger partial charge in [0.05, 0.1) is 6.61 Å². The minimum absolute atomic E-state index is 0.0381. The number of aliphatic hydroxyl groups is 1. The van der Waals surface area contributed by atoms with Crippen LogP contribution < -0.4 is 15.6 Å². The van der Waals surface area contributed by atoms with Crippen LogP contribution in [0.2, 0.25) is 0 Å². The highest BCUT2D eigenvalue weighted by atomic mass is 32.2. The molecule has 14 nitrogen and oxygen atoms in total. The first-order valence-corrected chi connectivity index (χ1v) is 13.0. The number of rotatable bonds is 10. The summed E-state index contributed by atoms with van der Waals surface area (Å²) < 4.78 is 1.79. The Bertz CT molecular complexity index is 1350. The highest BCUT2D eigenvalue weighted by molar-refractivity contribution is 8.00. The van der Waals surface area contributed by atoms with Crippen LogP contribution in [0.5, 0.6) is 0 Å². The zero-order chi connectivity index (χ0) is 27.6. The standard InChI is InChI=1S/C22H22N6O8S2/c1-22(10-29,20(34)35)36-26-13(12-9-38-21(23)24-12)16(30)25-14-17(31)28-15(19(32)33)11(8-37-18(14)28)7-27-5-3-2-4-6-27/h2-6,9,14,18,29H,7-8,10H2,1H3,(H4-,23,24,25,30,32,33,34,35)/p+1/b26-13-/t14-,18-,22?/m1/s1. The number of amides is 2. The van der Waals surface area contributed by atoms with Crippen molar-refractivity contribution in [2.75, 3.05) is 18.1 Å². The summed E-state index contributed by atoms with van der Waals surface area (Å²) in [5, 5.41) is 35.5. The fourth-order valence-corrected chi connectivity index (χ4v) is 5.54. The lowest BCUT2D eigenvalue weighted by atomic mass is 10.0. The number of aliphatic hydroxyl groups excluding tert-OH is 1. The molecule has 0 bridgehead atoms. The van der Waals surface area contributed by atoms with Gasteiger partial charge in [-0.1, -0.05) is 11.2 Å². The van der Waals surface area contributed by atoms with Crippen LogP contribution in [0.4, 0.5) is 5.13 Å². The Labute approximate surface area is 223 Å². The lowest BCUT2D eigenvalue weighted by Gasteiger charge is -2.49. The maximum atomic E-state index is 13.2. The minimum atomic E-state index is -2.15. The molecule has 0 spiro atoms.